The van der Waals surface area contributed by atoms with E-state index in [1.54, 1.807) is 6.92 Å². The molecule has 0 saturated carbocycles. The second-order valence-electron chi connectivity index (χ2n) is 4.89. The number of halogens is 2. The molecule has 1 atom stereocenters. The lowest BCUT2D eigenvalue weighted by Crippen LogP contribution is -2.07. The number of carboxylic acid groups (broad SMARTS) is 1. The van der Waals surface area contributed by atoms with E-state index < -0.39 is 17.6 Å². The Hall–Kier alpha value is -2.31. The molecular formula is C14H14F2N2O3. The molecule has 0 aliphatic rings. The number of aromatic nitrogens is 2. The second-order valence-corrected chi connectivity index (χ2v) is 4.89. The zero-order valence-electron chi connectivity index (χ0n) is 11.3. The number of benzene rings is 1. The van der Waals surface area contributed by atoms with Crippen LogP contribution < -0.4 is 0 Å². The number of carbonyl (C=O) groups is 1. The van der Waals surface area contributed by atoms with Gasteiger partial charge in [0.05, 0.1) is 6.42 Å². The highest BCUT2D eigenvalue weighted by molar-refractivity contribution is 5.66. The molecule has 1 heterocycles. The van der Waals surface area contributed by atoms with E-state index >= 15 is 0 Å². The summed E-state index contributed by atoms with van der Waals surface area (Å²) in [6, 6.07) is 3.88. The summed E-state index contributed by atoms with van der Waals surface area (Å²) in [5.74, 6) is -2.46. The van der Waals surface area contributed by atoms with Crippen molar-refractivity contribution < 1.29 is 23.1 Å². The van der Waals surface area contributed by atoms with Crippen LogP contribution in [0.2, 0.25) is 0 Å². The Morgan fingerprint density at radius 3 is 2.76 bits per heavy atom. The van der Waals surface area contributed by atoms with Crippen molar-refractivity contribution in [3.8, 4) is 0 Å². The Labute approximate surface area is 119 Å². The van der Waals surface area contributed by atoms with Crippen LogP contribution in [0.5, 0.6) is 0 Å². The number of rotatable bonds is 6. The first-order valence-corrected chi connectivity index (χ1v) is 6.41. The molecule has 1 N–H and O–H groups in total. The Kier molecular flexibility index (Phi) is 4.62. The van der Waals surface area contributed by atoms with E-state index in [1.807, 2.05) is 0 Å². The molecule has 0 amide bonds. The highest BCUT2D eigenvalue weighted by Crippen LogP contribution is 2.17. The topological polar surface area (TPSA) is 76.2 Å². The van der Waals surface area contributed by atoms with Crippen molar-refractivity contribution in [1.82, 2.24) is 10.2 Å². The van der Waals surface area contributed by atoms with E-state index in [0.717, 1.165) is 6.07 Å². The molecular weight excluding hydrogens is 282 g/mol. The van der Waals surface area contributed by atoms with Crippen molar-refractivity contribution >= 4 is 5.97 Å². The van der Waals surface area contributed by atoms with E-state index in [-0.39, 0.29) is 36.1 Å². The van der Waals surface area contributed by atoms with E-state index in [4.69, 9.17) is 9.52 Å². The first-order chi connectivity index (χ1) is 9.95. The summed E-state index contributed by atoms with van der Waals surface area (Å²) >= 11 is 0. The molecule has 1 aromatic carbocycles. The molecule has 5 nitrogen and oxygen atoms in total. The molecule has 0 bridgehead atoms. The maximum atomic E-state index is 13.5. The Balaban J connectivity index is 2.03. The zero-order chi connectivity index (χ0) is 15.4. The van der Waals surface area contributed by atoms with Gasteiger partial charge in [0, 0.05) is 18.4 Å². The number of hydrogen-bond donors (Lipinski definition) is 1. The Morgan fingerprint density at radius 2 is 2.05 bits per heavy atom. The molecule has 7 heteroatoms. The SMILES string of the molecule is CC(CC(=O)O)Cc1nnc(Cc2cccc(F)c2F)o1. The molecule has 0 aliphatic carbocycles. The molecule has 0 fully saturated rings. The lowest BCUT2D eigenvalue weighted by atomic mass is 10.0. The van der Waals surface area contributed by atoms with Crippen LogP contribution in [0.1, 0.15) is 30.7 Å². The Bertz CT molecular complexity index is 643. The standard InChI is InChI=1S/C14H14F2N2O3/c1-8(6-13(19)20)5-11-17-18-12(21-11)7-9-3-2-4-10(15)14(9)16/h2-4,8H,5-7H2,1H3,(H,19,20). The molecule has 0 spiro atoms. The molecule has 2 rings (SSSR count). The van der Waals surface area contributed by atoms with Crippen LogP contribution in [0.4, 0.5) is 8.78 Å². The van der Waals surface area contributed by atoms with Crippen molar-refractivity contribution in [3.05, 3.63) is 47.2 Å². The molecule has 0 aliphatic heterocycles. The van der Waals surface area contributed by atoms with E-state index in [2.05, 4.69) is 10.2 Å². The molecule has 1 aromatic heterocycles. The van der Waals surface area contributed by atoms with Crippen LogP contribution in [0, 0.1) is 17.6 Å². The third kappa shape index (κ3) is 4.08. The maximum Gasteiger partial charge on any atom is 0.303 e. The molecule has 0 radical (unpaired) electrons. The van der Waals surface area contributed by atoms with Gasteiger partial charge < -0.3 is 9.52 Å². The van der Waals surface area contributed by atoms with Crippen molar-refractivity contribution in [3.63, 3.8) is 0 Å². The van der Waals surface area contributed by atoms with Gasteiger partial charge in [0.15, 0.2) is 11.6 Å². The largest absolute Gasteiger partial charge is 0.481 e. The fourth-order valence-electron chi connectivity index (χ4n) is 1.96. The molecule has 1 unspecified atom stereocenters. The lowest BCUT2D eigenvalue weighted by Gasteiger charge is -2.03. The molecule has 21 heavy (non-hydrogen) atoms. The molecule has 112 valence electrons. The minimum absolute atomic E-state index is 0.00373. The van der Waals surface area contributed by atoms with Gasteiger partial charge in [-0.25, -0.2) is 8.78 Å². The minimum atomic E-state index is -0.934. The quantitative estimate of drug-likeness (QED) is 0.886. The van der Waals surface area contributed by atoms with Crippen molar-refractivity contribution in [2.75, 3.05) is 0 Å². The highest BCUT2D eigenvalue weighted by Gasteiger charge is 2.15. The third-order valence-corrected chi connectivity index (χ3v) is 2.93. The third-order valence-electron chi connectivity index (χ3n) is 2.93. The molecule has 0 saturated heterocycles. The van der Waals surface area contributed by atoms with E-state index in [1.165, 1.54) is 12.1 Å². The fourth-order valence-corrected chi connectivity index (χ4v) is 1.96. The maximum absolute atomic E-state index is 13.5. The highest BCUT2D eigenvalue weighted by atomic mass is 19.2. The average Bonchev–Trinajstić information content (AvgIpc) is 2.81. The van der Waals surface area contributed by atoms with Gasteiger partial charge in [0.2, 0.25) is 11.8 Å². The van der Waals surface area contributed by atoms with Crippen LogP contribution in [0.15, 0.2) is 22.6 Å². The summed E-state index contributed by atoms with van der Waals surface area (Å²) in [5, 5.41) is 16.2. The van der Waals surface area contributed by atoms with Gasteiger partial charge in [-0.05, 0) is 12.0 Å². The summed E-state index contributed by atoms with van der Waals surface area (Å²) in [7, 11) is 0. The summed E-state index contributed by atoms with van der Waals surface area (Å²) in [6.07, 6.45) is 0.311. The van der Waals surface area contributed by atoms with Gasteiger partial charge in [-0.1, -0.05) is 19.1 Å². The predicted molar refractivity (Wildman–Crippen MR) is 68.6 cm³/mol. The van der Waals surface area contributed by atoms with Crippen LogP contribution >= 0.6 is 0 Å². The predicted octanol–water partition coefficient (Wildman–Crippen LogP) is 2.59. The zero-order valence-corrected chi connectivity index (χ0v) is 11.3. The van der Waals surface area contributed by atoms with Crippen LogP contribution in [0.3, 0.4) is 0 Å². The van der Waals surface area contributed by atoms with E-state index in [0.29, 0.717) is 6.42 Å². The van der Waals surface area contributed by atoms with Gasteiger partial charge in [0.25, 0.3) is 0 Å². The fraction of sp³-hybridized carbons (Fsp3) is 0.357. The summed E-state index contributed by atoms with van der Waals surface area (Å²) < 4.78 is 31.9. The number of carboxylic acids is 1. The summed E-state index contributed by atoms with van der Waals surface area (Å²) in [5.41, 5.74) is 0.129. The van der Waals surface area contributed by atoms with Gasteiger partial charge in [-0.2, -0.15) is 0 Å². The van der Waals surface area contributed by atoms with E-state index in [9.17, 15) is 13.6 Å². The average molecular weight is 296 g/mol. The first-order valence-electron chi connectivity index (χ1n) is 6.41. The van der Waals surface area contributed by atoms with Gasteiger partial charge in [-0.15, -0.1) is 10.2 Å². The Morgan fingerprint density at radius 1 is 1.33 bits per heavy atom. The van der Waals surface area contributed by atoms with Crippen molar-refractivity contribution in [2.24, 2.45) is 5.92 Å². The van der Waals surface area contributed by atoms with Gasteiger partial charge in [0.1, 0.15) is 0 Å². The van der Waals surface area contributed by atoms with Gasteiger partial charge in [-0.3, -0.25) is 4.79 Å². The second kappa shape index (κ2) is 6.43. The van der Waals surface area contributed by atoms with Crippen LogP contribution in [-0.2, 0) is 17.6 Å². The van der Waals surface area contributed by atoms with Gasteiger partial charge >= 0.3 is 5.97 Å². The molecule has 2 aromatic rings. The van der Waals surface area contributed by atoms with Crippen molar-refractivity contribution in [1.29, 1.82) is 0 Å². The number of aliphatic carboxylic acids is 1. The normalized spacial score (nSPS) is 12.3. The smallest absolute Gasteiger partial charge is 0.303 e. The van der Waals surface area contributed by atoms with Crippen LogP contribution in [-0.4, -0.2) is 21.3 Å². The summed E-state index contributed by atoms with van der Waals surface area (Å²) in [4.78, 5) is 10.6. The van der Waals surface area contributed by atoms with Crippen molar-refractivity contribution in [2.45, 2.75) is 26.2 Å². The number of hydrogen-bond acceptors (Lipinski definition) is 4. The summed E-state index contributed by atoms with van der Waals surface area (Å²) in [6.45, 7) is 1.75. The number of nitrogens with zero attached hydrogens (tertiary/aromatic N) is 2. The minimum Gasteiger partial charge on any atom is -0.481 e. The monoisotopic (exact) mass is 296 g/mol. The first kappa shape index (κ1) is 15.1. The lowest BCUT2D eigenvalue weighted by molar-refractivity contribution is -0.137. The van der Waals surface area contributed by atoms with Crippen LogP contribution in [0.25, 0.3) is 0 Å².